The first-order valence-electron chi connectivity index (χ1n) is 10.5. The topological polar surface area (TPSA) is 79.9 Å². The van der Waals surface area contributed by atoms with Crippen molar-refractivity contribution in [2.75, 3.05) is 37.0 Å². The quantitative estimate of drug-likeness (QED) is 0.548. The number of halogens is 1. The first kappa shape index (κ1) is 22.5. The lowest BCUT2D eigenvalue weighted by molar-refractivity contribution is -0.120. The van der Waals surface area contributed by atoms with Gasteiger partial charge in [0.05, 0.1) is 13.7 Å². The van der Waals surface area contributed by atoms with E-state index < -0.39 is 0 Å². The Balaban J connectivity index is 1.39. The number of carbonyl (C=O) groups excluding carboxylic acids is 2. The molecule has 0 aliphatic carbocycles. The van der Waals surface area contributed by atoms with Crippen LogP contribution >= 0.6 is 11.6 Å². The van der Waals surface area contributed by atoms with E-state index in [2.05, 4.69) is 10.6 Å². The molecule has 0 atom stereocenters. The molecule has 1 saturated heterocycles. The normalized spacial score (nSPS) is 13.3. The Hall–Kier alpha value is -3.71. The average molecular weight is 466 g/mol. The van der Waals surface area contributed by atoms with Gasteiger partial charge in [-0.25, -0.2) is 0 Å². The lowest BCUT2D eigenvalue weighted by atomic mass is 10.1. The molecule has 4 rings (SSSR count). The van der Waals surface area contributed by atoms with Crippen molar-refractivity contribution in [3.63, 3.8) is 0 Å². The van der Waals surface area contributed by atoms with Crippen LogP contribution < -0.4 is 25.0 Å². The monoisotopic (exact) mass is 465 g/mol. The highest BCUT2D eigenvalue weighted by molar-refractivity contribution is 6.30. The molecular weight excluding hydrogens is 442 g/mol. The predicted molar refractivity (Wildman–Crippen MR) is 128 cm³/mol. The van der Waals surface area contributed by atoms with E-state index in [-0.39, 0.29) is 11.8 Å². The number of methoxy groups -OCH3 is 1. The van der Waals surface area contributed by atoms with Crippen LogP contribution in [0.1, 0.15) is 15.9 Å². The van der Waals surface area contributed by atoms with E-state index in [9.17, 15) is 9.59 Å². The van der Waals surface area contributed by atoms with Gasteiger partial charge >= 0.3 is 0 Å². The number of rotatable bonds is 7. The zero-order valence-corrected chi connectivity index (χ0v) is 18.9. The number of hydrogen-bond donors (Lipinski definition) is 2. The number of amides is 2. The van der Waals surface area contributed by atoms with E-state index in [1.54, 1.807) is 30.3 Å². The number of carbonyl (C=O) groups is 2. The lowest BCUT2D eigenvalue weighted by Gasteiger charge is -2.28. The van der Waals surface area contributed by atoms with Gasteiger partial charge in [-0.15, -0.1) is 0 Å². The Kier molecular flexibility index (Phi) is 7.00. The molecule has 0 bridgehead atoms. The Bertz CT molecular complexity index is 1130. The molecule has 2 amide bonds. The van der Waals surface area contributed by atoms with Gasteiger partial charge in [0, 0.05) is 35.1 Å². The van der Waals surface area contributed by atoms with Gasteiger partial charge < -0.3 is 25.0 Å². The number of ether oxygens (including phenoxy) is 2. The highest BCUT2D eigenvalue weighted by Gasteiger charge is 2.17. The fraction of sp³-hybridized carbons (Fsp3) is 0.200. The summed E-state index contributed by atoms with van der Waals surface area (Å²) < 4.78 is 11.3. The maximum atomic E-state index is 12.8. The van der Waals surface area contributed by atoms with E-state index in [1.165, 1.54) is 7.11 Å². The summed E-state index contributed by atoms with van der Waals surface area (Å²) in [4.78, 5) is 26.3. The molecule has 170 valence electrons. The molecule has 1 aliphatic heterocycles. The second kappa shape index (κ2) is 10.3. The van der Waals surface area contributed by atoms with Crippen LogP contribution in [0.3, 0.4) is 0 Å². The van der Waals surface area contributed by atoms with Crippen molar-refractivity contribution in [2.24, 2.45) is 0 Å². The van der Waals surface area contributed by atoms with Crippen molar-refractivity contribution in [1.82, 2.24) is 5.32 Å². The molecule has 7 nitrogen and oxygen atoms in total. The standard InChI is InChI=1S/C25H24ClN3O4/c1-32-23-14-18(4-11-22(23)33-16-17-2-5-19(26)6-3-17)25(31)28-20-7-9-21(10-8-20)29-13-12-27-24(30)15-29/h2-11,14H,12-13,15-16H2,1H3,(H,27,30)(H,28,31). The summed E-state index contributed by atoms with van der Waals surface area (Å²) in [6.07, 6.45) is 0. The second-order valence-electron chi connectivity index (χ2n) is 7.55. The van der Waals surface area contributed by atoms with Gasteiger partial charge in [0.2, 0.25) is 5.91 Å². The van der Waals surface area contributed by atoms with Crippen molar-refractivity contribution < 1.29 is 19.1 Å². The molecule has 3 aromatic carbocycles. The molecule has 1 fully saturated rings. The molecule has 0 radical (unpaired) electrons. The van der Waals surface area contributed by atoms with Gasteiger partial charge in [0.15, 0.2) is 11.5 Å². The molecule has 0 spiro atoms. The Morgan fingerprint density at radius 1 is 1.06 bits per heavy atom. The van der Waals surface area contributed by atoms with Crippen LogP contribution in [-0.4, -0.2) is 38.6 Å². The summed E-state index contributed by atoms with van der Waals surface area (Å²) in [6, 6.07) is 19.9. The second-order valence-corrected chi connectivity index (χ2v) is 7.99. The number of nitrogens with one attached hydrogen (secondary N) is 2. The minimum Gasteiger partial charge on any atom is -0.493 e. The van der Waals surface area contributed by atoms with E-state index >= 15 is 0 Å². The highest BCUT2D eigenvalue weighted by atomic mass is 35.5. The summed E-state index contributed by atoms with van der Waals surface area (Å²) in [5, 5.41) is 6.36. The minimum absolute atomic E-state index is 0.00756. The minimum atomic E-state index is -0.261. The SMILES string of the molecule is COc1cc(C(=O)Nc2ccc(N3CCNC(=O)C3)cc2)ccc1OCc1ccc(Cl)cc1. The van der Waals surface area contributed by atoms with Crippen molar-refractivity contribution >= 4 is 34.8 Å². The smallest absolute Gasteiger partial charge is 0.255 e. The average Bonchev–Trinajstić information content (AvgIpc) is 2.84. The first-order chi connectivity index (χ1) is 16.0. The van der Waals surface area contributed by atoms with Crippen LogP contribution in [-0.2, 0) is 11.4 Å². The highest BCUT2D eigenvalue weighted by Crippen LogP contribution is 2.29. The third-order valence-electron chi connectivity index (χ3n) is 5.26. The molecule has 1 aliphatic rings. The van der Waals surface area contributed by atoms with Crippen LogP contribution in [0, 0.1) is 0 Å². The number of nitrogens with zero attached hydrogens (tertiary/aromatic N) is 1. The summed E-state index contributed by atoms with van der Waals surface area (Å²) in [5.74, 6) is 0.755. The van der Waals surface area contributed by atoms with Crippen LogP contribution in [0.25, 0.3) is 0 Å². The van der Waals surface area contributed by atoms with Crippen LogP contribution in [0.5, 0.6) is 11.5 Å². The maximum absolute atomic E-state index is 12.8. The van der Waals surface area contributed by atoms with Gasteiger partial charge in [-0.1, -0.05) is 23.7 Å². The van der Waals surface area contributed by atoms with Gasteiger partial charge in [0.1, 0.15) is 6.61 Å². The fourth-order valence-corrected chi connectivity index (χ4v) is 3.61. The third kappa shape index (κ3) is 5.75. The van der Waals surface area contributed by atoms with Crippen molar-refractivity contribution in [2.45, 2.75) is 6.61 Å². The summed E-state index contributed by atoms with van der Waals surface area (Å²) in [7, 11) is 1.53. The number of anilines is 2. The molecule has 2 N–H and O–H groups in total. The summed E-state index contributed by atoms with van der Waals surface area (Å²) in [5.41, 5.74) is 3.01. The zero-order chi connectivity index (χ0) is 23.2. The van der Waals surface area contributed by atoms with Gasteiger partial charge in [-0.05, 0) is 60.2 Å². The molecule has 33 heavy (non-hydrogen) atoms. The van der Waals surface area contributed by atoms with Crippen LogP contribution in [0.15, 0.2) is 66.7 Å². The van der Waals surface area contributed by atoms with Gasteiger partial charge in [-0.3, -0.25) is 9.59 Å². The number of hydrogen-bond acceptors (Lipinski definition) is 5. The predicted octanol–water partition coefficient (Wildman–Crippen LogP) is 4.12. The third-order valence-corrected chi connectivity index (χ3v) is 5.51. The molecule has 3 aromatic rings. The largest absolute Gasteiger partial charge is 0.493 e. The molecule has 0 unspecified atom stereocenters. The van der Waals surface area contributed by atoms with E-state index in [0.717, 1.165) is 17.8 Å². The molecule has 1 heterocycles. The van der Waals surface area contributed by atoms with Crippen molar-refractivity contribution in [3.05, 3.63) is 82.9 Å². The van der Waals surface area contributed by atoms with Crippen molar-refractivity contribution in [3.8, 4) is 11.5 Å². The summed E-state index contributed by atoms with van der Waals surface area (Å²) in [6.45, 7) is 2.06. The Labute approximate surface area is 197 Å². The number of piperazine rings is 1. The first-order valence-corrected chi connectivity index (χ1v) is 10.9. The maximum Gasteiger partial charge on any atom is 0.255 e. The van der Waals surface area contributed by atoms with Crippen LogP contribution in [0.2, 0.25) is 5.02 Å². The Morgan fingerprint density at radius 2 is 1.82 bits per heavy atom. The van der Waals surface area contributed by atoms with Crippen molar-refractivity contribution in [1.29, 1.82) is 0 Å². The fourth-order valence-electron chi connectivity index (χ4n) is 3.49. The summed E-state index contributed by atoms with van der Waals surface area (Å²) >= 11 is 5.91. The van der Waals surface area contributed by atoms with Gasteiger partial charge in [-0.2, -0.15) is 0 Å². The van der Waals surface area contributed by atoms with E-state index in [0.29, 0.717) is 47.5 Å². The van der Waals surface area contributed by atoms with Crippen LogP contribution in [0.4, 0.5) is 11.4 Å². The zero-order valence-electron chi connectivity index (χ0n) is 18.1. The van der Waals surface area contributed by atoms with Gasteiger partial charge in [0.25, 0.3) is 5.91 Å². The van der Waals surface area contributed by atoms with E-state index in [1.807, 2.05) is 41.3 Å². The van der Waals surface area contributed by atoms with E-state index in [4.69, 9.17) is 21.1 Å². The number of benzene rings is 3. The molecular formula is C25H24ClN3O4. The lowest BCUT2D eigenvalue weighted by Crippen LogP contribution is -2.47. The molecule has 0 saturated carbocycles. The molecule has 0 aromatic heterocycles. The molecule has 8 heteroatoms. The Morgan fingerprint density at radius 3 is 2.52 bits per heavy atom.